The summed E-state index contributed by atoms with van der Waals surface area (Å²) in [6.07, 6.45) is 6.01. The van der Waals surface area contributed by atoms with Crippen LogP contribution in [-0.2, 0) is 28.4 Å². The summed E-state index contributed by atoms with van der Waals surface area (Å²) in [7, 11) is 0.172. The molecule has 2 heterocycles. The lowest BCUT2D eigenvalue weighted by molar-refractivity contribution is -0.133. The highest BCUT2D eigenvalue weighted by Crippen LogP contribution is 2.22. The van der Waals surface area contributed by atoms with E-state index in [4.69, 9.17) is 0 Å². The highest BCUT2D eigenvalue weighted by atomic mass is 32.2. The highest BCUT2D eigenvalue weighted by molar-refractivity contribution is 7.88. The van der Waals surface area contributed by atoms with Crippen molar-refractivity contribution in [1.29, 1.82) is 0 Å². The summed E-state index contributed by atoms with van der Waals surface area (Å²) in [5.41, 5.74) is 0.923. The first-order valence-electron chi connectivity index (χ1n) is 6.48. The third kappa shape index (κ3) is 3.18. The third-order valence-corrected chi connectivity index (χ3v) is 4.76. The lowest BCUT2D eigenvalue weighted by Gasteiger charge is -2.26. The topological polar surface area (TPSA) is 75.5 Å². The Bertz CT molecular complexity index is 596. The van der Waals surface area contributed by atoms with Gasteiger partial charge < -0.3 is 4.90 Å². The summed E-state index contributed by atoms with van der Waals surface area (Å²) < 4.78 is 26.3. The average molecular weight is 300 g/mol. The summed E-state index contributed by atoms with van der Waals surface area (Å²) in [5, 5.41) is 4.05. The van der Waals surface area contributed by atoms with Crippen LogP contribution in [0.2, 0.25) is 0 Å². The molecular weight excluding hydrogens is 280 g/mol. The van der Waals surface area contributed by atoms with E-state index in [-0.39, 0.29) is 5.91 Å². The number of hydrogen-bond acceptors (Lipinski definition) is 4. The van der Waals surface area contributed by atoms with Crippen molar-refractivity contribution < 1.29 is 13.2 Å². The molecule has 1 aliphatic heterocycles. The van der Waals surface area contributed by atoms with E-state index in [1.165, 1.54) is 4.31 Å². The van der Waals surface area contributed by atoms with Gasteiger partial charge in [0.05, 0.1) is 12.5 Å². The number of rotatable bonds is 4. The standard InChI is InChI=1S/C12H20N4O3S/c1-14(8-10-7-13-15(2)9-10)12(17)11-5-4-6-16(11)20(3,18)19/h7,9,11H,4-6,8H2,1-3H3/t11-/m1/s1. The van der Waals surface area contributed by atoms with Gasteiger partial charge in [0.1, 0.15) is 6.04 Å². The van der Waals surface area contributed by atoms with Crippen LogP contribution >= 0.6 is 0 Å². The van der Waals surface area contributed by atoms with E-state index in [1.807, 2.05) is 13.2 Å². The Hall–Kier alpha value is -1.41. The molecule has 1 saturated heterocycles. The fourth-order valence-electron chi connectivity index (χ4n) is 2.54. The van der Waals surface area contributed by atoms with E-state index in [1.54, 1.807) is 22.8 Å². The molecule has 1 aromatic heterocycles. The molecule has 0 unspecified atom stereocenters. The summed E-state index contributed by atoms with van der Waals surface area (Å²) in [6, 6.07) is -0.563. The quantitative estimate of drug-likeness (QED) is 0.772. The lowest BCUT2D eigenvalue weighted by atomic mass is 10.2. The maximum atomic E-state index is 12.4. The number of sulfonamides is 1. The van der Waals surface area contributed by atoms with E-state index in [2.05, 4.69) is 5.10 Å². The Kier molecular flexibility index (Phi) is 4.14. The van der Waals surface area contributed by atoms with Gasteiger partial charge in [-0.25, -0.2) is 8.42 Å². The van der Waals surface area contributed by atoms with Crippen molar-refractivity contribution in [3.05, 3.63) is 18.0 Å². The molecule has 1 aliphatic rings. The molecule has 1 atom stereocenters. The minimum Gasteiger partial charge on any atom is -0.340 e. The monoisotopic (exact) mass is 300 g/mol. The van der Waals surface area contributed by atoms with Gasteiger partial charge in [-0.2, -0.15) is 9.40 Å². The predicted octanol–water partition coefficient (Wildman–Crippen LogP) is -0.197. The largest absolute Gasteiger partial charge is 0.340 e. The first kappa shape index (κ1) is 15.0. The normalized spacial score (nSPS) is 20.2. The smallest absolute Gasteiger partial charge is 0.241 e. The van der Waals surface area contributed by atoms with E-state index >= 15 is 0 Å². The molecule has 0 aromatic carbocycles. The van der Waals surface area contributed by atoms with Crippen LogP contribution in [0.3, 0.4) is 0 Å². The molecule has 0 aliphatic carbocycles. The van der Waals surface area contributed by atoms with Crippen LogP contribution in [0.1, 0.15) is 18.4 Å². The molecule has 2 rings (SSSR count). The molecule has 0 spiro atoms. The summed E-state index contributed by atoms with van der Waals surface area (Å²) in [4.78, 5) is 14.0. The van der Waals surface area contributed by atoms with Crippen molar-refractivity contribution in [2.45, 2.75) is 25.4 Å². The Morgan fingerprint density at radius 3 is 2.80 bits per heavy atom. The van der Waals surface area contributed by atoms with Gasteiger partial charge in [-0.3, -0.25) is 9.48 Å². The SMILES string of the molecule is CN(Cc1cnn(C)c1)C(=O)[C@H]1CCCN1S(C)(=O)=O. The second kappa shape index (κ2) is 5.53. The van der Waals surface area contributed by atoms with Gasteiger partial charge in [-0.1, -0.05) is 0 Å². The number of carbonyl (C=O) groups excluding carboxylic acids is 1. The number of carbonyl (C=O) groups is 1. The average Bonchev–Trinajstić information content (AvgIpc) is 2.96. The molecular formula is C12H20N4O3S. The molecule has 112 valence electrons. The van der Waals surface area contributed by atoms with E-state index in [0.717, 1.165) is 18.2 Å². The number of amides is 1. The maximum absolute atomic E-state index is 12.4. The van der Waals surface area contributed by atoms with Crippen molar-refractivity contribution in [3.63, 3.8) is 0 Å². The number of aromatic nitrogens is 2. The molecule has 7 nitrogen and oxygen atoms in total. The second-order valence-corrected chi connectivity index (χ2v) is 7.18. The Morgan fingerprint density at radius 2 is 2.25 bits per heavy atom. The van der Waals surface area contributed by atoms with Crippen LogP contribution in [0.15, 0.2) is 12.4 Å². The molecule has 1 amide bonds. The molecule has 0 saturated carbocycles. The predicted molar refractivity (Wildman–Crippen MR) is 74.3 cm³/mol. The zero-order valence-corrected chi connectivity index (χ0v) is 12.8. The van der Waals surface area contributed by atoms with Crippen LogP contribution in [-0.4, -0.2) is 59.2 Å². The summed E-state index contributed by atoms with van der Waals surface area (Å²) in [6.45, 7) is 0.858. The second-order valence-electron chi connectivity index (χ2n) is 5.25. The molecule has 1 fully saturated rings. The van der Waals surface area contributed by atoms with Gasteiger partial charge in [-0.15, -0.1) is 0 Å². The van der Waals surface area contributed by atoms with Gasteiger partial charge in [0.25, 0.3) is 0 Å². The van der Waals surface area contributed by atoms with Gasteiger partial charge in [0, 0.05) is 38.9 Å². The van der Waals surface area contributed by atoms with Crippen LogP contribution < -0.4 is 0 Å². The zero-order valence-electron chi connectivity index (χ0n) is 12.0. The van der Waals surface area contributed by atoms with E-state index in [0.29, 0.717) is 19.5 Å². The molecule has 1 aromatic rings. The molecule has 0 N–H and O–H groups in total. The number of aryl methyl sites for hydroxylation is 1. The lowest BCUT2D eigenvalue weighted by Crippen LogP contribution is -2.45. The van der Waals surface area contributed by atoms with Crippen LogP contribution in [0.5, 0.6) is 0 Å². The maximum Gasteiger partial charge on any atom is 0.241 e. The van der Waals surface area contributed by atoms with Gasteiger partial charge in [0.15, 0.2) is 0 Å². The number of likely N-dealkylation sites (N-methyl/N-ethyl adjacent to an activating group) is 1. The molecule has 8 heteroatoms. The number of hydrogen-bond donors (Lipinski definition) is 0. The Labute approximate surface area is 119 Å². The number of nitrogens with zero attached hydrogens (tertiary/aromatic N) is 4. The van der Waals surface area contributed by atoms with Crippen molar-refractivity contribution >= 4 is 15.9 Å². The fourth-order valence-corrected chi connectivity index (χ4v) is 3.66. The van der Waals surface area contributed by atoms with Crippen LogP contribution in [0, 0.1) is 0 Å². The summed E-state index contributed by atoms with van der Waals surface area (Å²) >= 11 is 0. The van der Waals surface area contributed by atoms with Gasteiger partial charge in [0.2, 0.25) is 15.9 Å². The van der Waals surface area contributed by atoms with E-state index < -0.39 is 16.1 Å². The van der Waals surface area contributed by atoms with Crippen LogP contribution in [0.25, 0.3) is 0 Å². The highest BCUT2D eigenvalue weighted by Gasteiger charge is 2.37. The van der Waals surface area contributed by atoms with Crippen molar-refractivity contribution in [2.75, 3.05) is 19.8 Å². The summed E-state index contributed by atoms with van der Waals surface area (Å²) in [5.74, 6) is -0.156. The minimum atomic E-state index is -3.33. The Morgan fingerprint density at radius 1 is 1.55 bits per heavy atom. The third-order valence-electron chi connectivity index (χ3n) is 3.47. The first-order chi connectivity index (χ1) is 9.29. The van der Waals surface area contributed by atoms with Crippen molar-refractivity contribution in [2.24, 2.45) is 7.05 Å². The molecule has 0 radical (unpaired) electrons. The van der Waals surface area contributed by atoms with E-state index in [9.17, 15) is 13.2 Å². The zero-order chi connectivity index (χ0) is 14.9. The minimum absolute atomic E-state index is 0.156. The van der Waals surface area contributed by atoms with Crippen molar-refractivity contribution in [1.82, 2.24) is 19.0 Å². The van der Waals surface area contributed by atoms with Crippen molar-refractivity contribution in [3.8, 4) is 0 Å². The molecule has 20 heavy (non-hydrogen) atoms. The van der Waals surface area contributed by atoms with Gasteiger partial charge in [-0.05, 0) is 12.8 Å². The van der Waals surface area contributed by atoms with Crippen LogP contribution in [0.4, 0.5) is 0 Å². The van der Waals surface area contributed by atoms with Gasteiger partial charge >= 0.3 is 0 Å². The fraction of sp³-hybridized carbons (Fsp3) is 0.667. The Balaban J connectivity index is 2.06. The first-order valence-corrected chi connectivity index (χ1v) is 8.33. The molecule has 0 bridgehead atoms.